The normalized spacial score (nSPS) is 15.7. The summed E-state index contributed by atoms with van der Waals surface area (Å²) in [5.74, 6) is 1.11. The van der Waals surface area contributed by atoms with Crippen molar-refractivity contribution in [1.29, 1.82) is 0 Å². The first-order chi connectivity index (χ1) is 13.1. The number of aromatic amines is 1. The number of amides is 1. The molecule has 1 aliphatic rings. The molecule has 3 rings (SSSR count). The molecule has 0 saturated carbocycles. The number of thioether (sulfide) groups is 1. The molecule has 2 heterocycles. The fourth-order valence-electron chi connectivity index (χ4n) is 3.05. The summed E-state index contributed by atoms with van der Waals surface area (Å²) in [6.07, 6.45) is 3.90. The van der Waals surface area contributed by atoms with E-state index in [1.807, 2.05) is 24.3 Å². The highest BCUT2D eigenvalue weighted by molar-refractivity contribution is 7.99. The first-order valence-electron chi connectivity index (χ1n) is 9.03. The number of nitrogens with zero attached hydrogens (tertiary/aromatic N) is 1. The lowest BCUT2D eigenvalue weighted by molar-refractivity contribution is -0.116. The molecule has 0 saturated heterocycles. The van der Waals surface area contributed by atoms with E-state index in [9.17, 15) is 9.59 Å². The summed E-state index contributed by atoms with van der Waals surface area (Å²) in [6, 6.07) is 7.58. The molecule has 1 atom stereocenters. The number of aromatic nitrogens is 2. The van der Waals surface area contributed by atoms with Crippen LogP contribution in [0.3, 0.4) is 0 Å². The highest BCUT2D eigenvalue weighted by atomic mass is 32.2. The number of hydrogen-bond donors (Lipinski definition) is 2. The average molecular weight is 385 g/mol. The van der Waals surface area contributed by atoms with Gasteiger partial charge in [-0.25, -0.2) is 4.98 Å². The van der Waals surface area contributed by atoms with Gasteiger partial charge >= 0.3 is 0 Å². The maximum absolute atomic E-state index is 12.8. The topological polar surface area (TPSA) is 84.1 Å². The highest BCUT2D eigenvalue weighted by Gasteiger charge is 2.32. The van der Waals surface area contributed by atoms with Crippen molar-refractivity contribution in [2.24, 2.45) is 0 Å². The number of ether oxygens (including phenoxy) is 1. The first-order valence-corrected chi connectivity index (χ1v) is 10.0. The van der Waals surface area contributed by atoms with Gasteiger partial charge in [0.15, 0.2) is 5.16 Å². The van der Waals surface area contributed by atoms with Crippen LogP contribution < -0.4 is 15.6 Å². The average Bonchev–Trinajstić information content (AvgIpc) is 2.66. The van der Waals surface area contributed by atoms with Crippen LogP contribution in [0.1, 0.15) is 43.2 Å². The van der Waals surface area contributed by atoms with E-state index in [-0.39, 0.29) is 23.8 Å². The van der Waals surface area contributed by atoms with Crippen LogP contribution in [-0.4, -0.2) is 28.2 Å². The van der Waals surface area contributed by atoms with Crippen molar-refractivity contribution in [2.45, 2.75) is 37.3 Å². The standard InChI is InChI=1S/C20H23N3O3S/c1-3-5-10-26-15-9-7-6-8-13(15)14-12-16(24)21-18-17(14)19(25)23-20(22-18)27-11-4-2/h4,6-9,14H,2-3,5,10-12H2,1H3,(H2,21,22,23,24,25). The monoisotopic (exact) mass is 385 g/mol. The van der Waals surface area contributed by atoms with Crippen LogP contribution in [0.15, 0.2) is 46.9 Å². The largest absolute Gasteiger partial charge is 0.493 e. The number of benzene rings is 1. The predicted molar refractivity (Wildman–Crippen MR) is 108 cm³/mol. The van der Waals surface area contributed by atoms with Crippen LogP contribution in [0.5, 0.6) is 5.75 Å². The summed E-state index contributed by atoms with van der Waals surface area (Å²) in [4.78, 5) is 32.3. The van der Waals surface area contributed by atoms with Crippen molar-refractivity contribution in [2.75, 3.05) is 17.7 Å². The van der Waals surface area contributed by atoms with E-state index >= 15 is 0 Å². The number of rotatable bonds is 8. The van der Waals surface area contributed by atoms with E-state index in [4.69, 9.17) is 4.74 Å². The Hall–Kier alpha value is -2.54. The first kappa shape index (κ1) is 19.2. The molecule has 1 aromatic heterocycles. The van der Waals surface area contributed by atoms with E-state index in [1.165, 1.54) is 11.8 Å². The van der Waals surface area contributed by atoms with Gasteiger partial charge in [0.1, 0.15) is 11.6 Å². The molecule has 1 aromatic carbocycles. The number of anilines is 1. The van der Waals surface area contributed by atoms with E-state index in [1.54, 1.807) is 6.08 Å². The van der Waals surface area contributed by atoms with Gasteiger partial charge in [0.05, 0.1) is 12.2 Å². The van der Waals surface area contributed by atoms with Crippen LogP contribution in [0, 0.1) is 0 Å². The molecule has 2 N–H and O–H groups in total. The van der Waals surface area contributed by atoms with E-state index in [0.29, 0.717) is 34.6 Å². The zero-order chi connectivity index (χ0) is 19.2. The van der Waals surface area contributed by atoms with Crippen LogP contribution in [-0.2, 0) is 4.79 Å². The van der Waals surface area contributed by atoms with Gasteiger partial charge in [0.2, 0.25) is 5.91 Å². The zero-order valence-electron chi connectivity index (χ0n) is 15.3. The lowest BCUT2D eigenvalue weighted by atomic mass is 9.86. The van der Waals surface area contributed by atoms with Gasteiger partial charge in [-0.15, -0.1) is 6.58 Å². The second kappa shape index (κ2) is 8.90. The van der Waals surface area contributed by atoms with E-state index < -0.39 is 0 Å². The molecule has 27 heavy (non-hydrogen) atoms. The highest BCUT2D eigenvalue weighted by Crippen LogP contribution is 2.38. The van der Waals surface area contributed by atoms with Gasteiger partial charge in [-0.1, -0.05) is 49.4 Å². The molecule has 7 heteroatoms. The second-order valence-electron chi connectivity index (χ2n) is 6.28. The number of para-hydroxylation sites is 1. The Labute approximate surface area is 162 Å². The van der Waals surface area contributed by atoms with Gasteiger partial charge in [-0.3, -0.25) is 9.59 Å². The zero-order valence-corrected chi connectivity index (χ0v) is 16.1. The minimum absolute atomic E-state index is 0.159. The fourth-order valence-corrected chi connectivity index (χ4v) is 3.65. The van der Waals surface area contributed by atoms with E-state index in [0.717, 1.165) is 18.4 Å². The van der Waals surface area contributed by atoms with Crippen molar-refractivity contribution in [1.82, 2.24) is 9.97 Å². The molecule has 142 valence electrons. The molecule has 1 aliphatic heterocycles. The molecule has 0 aliphatic carbocycles. The third-order valence-corrected chi connectivity index (χ3v) is 5.19. The SMILES string of the molecule is C=CCSc1nc2c(c(=O)[nH]1)C(c1ccccc1OCCCC)CC(=O)N2. The summed E-state index contributed by atoms with van der Waals surface area (Å²) in [7, 11) is 0. The summed E-state index contributed by atoms with van der Waals surface area (Å²) in [6.45, 7) is 6.37. The third-order valence-electron chi connectivity index (χ3n) is 4.32. The molecular formula is C20H23N3O3S. The summed E-state index contributed by atoms with van der Waals surface area (Å²) < 4.78 is 5.92. The van der Waals surface area contributed by atoms with Gasteiger partial charge < -0.3 is 15.0 Å². The van der Waals surface area contributed by atoms with Crippen LogP contribution >= 0.6 is 11.8 Å². The Kier molecular flexibility index (Phi) is 6.34. The molecule has 0 fully saturated rings. The lowest BCUT2D eigenvalue weighted by Gasteiger charge is -2.26. The third kappa shape index (κ3) is 4.42. The maximum atomic E-state index is 12.8. The molecule has 0 bridgehead atoms. The molecule has 1 amide bonds. The predicted octanol–water partition coefficient (Wildman–Crippen LogP) is 3.70. The number of hydrogen-bond acceptors (Lipinski definition) is 5. The lowest BCUT2D eigenvalue weighted by Crippen LogP contribution is -2.31. The minimum Gasteiger partial charge on any atom is -0.493 e. The number of fused-ring (bicyclic) bond motifs is 1. The number of H-pyrrole nitrogens is 1. The van der Waals surface area contributed by atoms with Crippen LogP contribution in [0.4, 0.5) is 5.82 Å². The molecule has 2 aromatic rings. The van der Waals surface area contributed by atoms with Gasteiger partial charge in [0.25, 0.3) is 5.56 Å². The van der Waals surface area contributed by atoms with E-state index in [2.05, 4.69) is 28.8 Å². The van der Waals surface area contributed by atoms with Gasteiger partial charge in [-0.05, 0) is 12.5 Å². The quantitative estimate of drug-likeness (QED) is 0.313. The Morgan fingerprint density at radius 1 is 1.37 bits per heavy atom. The smallest absolute Gasteiger partial charge is 0.257 e. The summed E-state index contributed by atoms with van der Waals surface area (Å²) >= 11 is 1.36. The van der Waals surface area contributed by atoms with Gasteiger partial charge in [-0.2, -0.15) is 0 Å². The Balaban J connectivity index is 2.01. The Morgan fingerprint density at radius 2 is 2.19 bits per heavy atom. The molecule has 0 radical (unpaired) electrons. The number of unbranched alkanes of at least 4 members (excludes halogenated alkanes) is 1. The van der Waals surface area contributed by atoms with Crippen LogP contribution in [0.2, 0.25) is 0 Å². The number of nitrogens with one attached hydrogen (secondary N) is 2. The van der Waals surface area contributed by atoms with Crippen molar-refractivity contribution < 1.29 is 9.53 Å². The van der Waals surface area contributed by atoms with Crippen LogP contribution in [0.25, 0.3) is 0 Å². The maximum Gasteiger partial charge on any atom is 0.257 e. The van der Waals surface area contributed by atoms with Crippen molar-refractivity contribution in [3.63, 3.8) is 0 Å². The summed E-state index contributed by atoms with van der Waals surface area (Å²) in [5, 5.41) is 3.20. The Morgan fingerprint density at radius 3 is 2.96 bits per heavy atom. The Bertz CT molecular complexity index is 894. The molecule has 0 spiro atoms. The molecule has 1 unspecified atom stereocenters. The van der Waals surface area contributed by atoms with Crippen molar-refractivity contribution in [3.8, 4) is 5.75 Å². The fraction of sp³-hybridized carbons (Fsp3) is 0.350. The molecule has 6 nitrogen and oxygen atoms in total. The molecular weight excluding hydrogens is 362 g/mol. The number of carbonyl (C=O) groups is 1. The second-order valence-corrected chi connectivity index (χ2v) is 7.29. The minimum atomic E-state index is -0.388. The summed E-state index contributed by atoms with van der Waals surface area (Å²) in [5.41, 5.74) is 1.08. The van der Waals surface area contributed by atoms with Gasteiger partial charge in [0, 0.05) is 23.7 Å². The van der Waals surface area contributed by atoms with Crippen molar-refractivity contribution in [3.05, 3.63) is 58.4 Å². The number of carbonyl (C=O) groups excluding carboxylic acids is 1. The van der Waals surface area contributed by atoms with Crippen molar-refractivity contribution >= 4 is 23.5 Å².